The van der Waals surface area contributed by atoms with Gasteiger partial charge in [0.1, 0.15) is 11.5 Å². The minimum atomic E-state index is 0.532. The summed E-state index contributed by atoms with van der Waals surface area (Å²) in [6.45, 7) is 0.616. The van der Waals surface area contributed by atoms with Gasteiger partial charge in [0, 0.05) is 12.5 Å². The largest absolute Gasteiger partial charge is 0.497 e. The van der Waals surface area contributed by atoms with Crippen LogP contribution in [0.15, 0.2) is 24.3 Å². The summed E-state index contributed by atoms with van der Waals surface area (Å²) in [5, 5.41) is 0. The van der Waals surface area contributed by atoms with Gasteiger partial charge in [-0.25, -0.2) is 0 Å². The third-order valence-corrected chi connectivity index (χ3v) is 2.08. The fourth-order valence-corrected chi connectivity index (χ4v) is 1.27. The van der Waals surface area contributed by atoms with Crippen LogP contribution in [0.4, 0.5) is 0 Å². The number of ether oxygens (including phenoxy) is 2. The molecular weight excluding hydrogens is 210 g/mol. The van der Waals surface area contributed by atoms with Crippen LogP contribution in [0.5, 0.6) is 11.5 Å². The zero-order valence-corrected chi connectivity index (χ0v) is 9.55. The van der Waals surface area contributed by atoms with E-state index < -0.39 is 0 Å². The average Bonchev–Trinajstić information content (AvgIpc) is 2.24. The molecule has 1 aromatic carbocycles. The Morgan fingerprint density at radius 2 is 2.13 bits per heavy atom. The second-order valence-electron chi connectivity index (χ2n) is 3.10. The summed E-state index contributed by atoms with van der Waals surface area (Å²) in [7, 11) is 1.63. The first-order valence-electron chi connectivity index (χ1n) is 4.77. The molecule has 15 heavy (non-hydrogen) atoms. The van der Waals surface area contributed by atoms with Gasteiger partial charge in [-0.2, -0.15) is 0 Å². The van der Waals surface area contributed by atoms with E-state index in [1.54, 1.807) is 7.11 Å². The molecule has 1 aromatic rings. The molecule has 0 heterocycles. The third kappa shape index (κ3) is 4.65. The van der Waals surface area contributed by atoms with Crippen LogP contribution in [0.1, 0.15) is 12.8 Å². The highest BCUT2D eigenvalue weighted by Gasteiger charge is 1.96. The van der Waals surface area contributed by atoms with E-state index in [1.807, 2.05) is 24.3 Å². The van der Waals surface area contributed by atoms with E-state index in [1.165, 1.54) is 0 Å². The third-order valence-electron chi connectivity index (χ3n) is 1.88. The standard InChI is InChI=1S/C11H15NO2S/c1-13-9-4-2-5-10(8-9)14-7-3-6-11(12)15/h2,4-5,8H,3,6-7H2,1H3,(H2,12,15). The Kier molecular flexibility index (Phi) is 4.90. The van der Waals surface area contributed by atoms with E-state index in [2.05, 4.69) is 0 Å². The lowest BCUT2D eigenvalue weighted by molar-refractivity contribution is 0.311. The van der Waals surface area contributed by atoms with Crippen molar-refractivity contribution in [2.75, 3.05) is 13.7 Å². The van der Waals surface area contributed by atoms with Crippen LogP contribution in [-0.4, -0.2) is 18.7 Å². The minimum Gasteiger partial charge on any atom is -0.497 e. The van der Waals surface area contributed by atoms with Gasteiger partial charge < -0.3 is 15.2 Å². The highest BCUT2D eigenvalue weighted by molar-refractivity contribution is 7.80. The van der Waals surface area contributed by atoms with Gasteiger partial charge in [0.15, 0.2) is 0 Å². The summed E-state index contributed by atoms with van der Waals surface area (Å²) in [6.07, 6.45) is 1.56. The lowest BCUT2D eigenvalue weighted by atomic mass is 10.3. The Morgan fingerprint density at radius 1 is 1.40 bits per heavy atom. The van der Waals surface area contributed by atoms with Crippen LogP contribution in [0, 0.1) is 0 Å². The van der Waals surface area contributed by atoms with Crippen molar-refractivity contribution in [3.05, 3.63) is 24.3 Å². The topological polar surface area (TPSA) is 44.5 Å². The van der Waals surface area contributed by atoms with E-state index >= 15 is 0 Å². The normalized spacial score (nSPS) is 9.67. The van der Waals surface area contributed by atoms with Gasteiger partial charge in [0.05, 0.1) is 18.7 Å². The SMILES string of the molecule is COc1cccc(OCCCC(N)=S)c1. The first-order chi connectivity index (χ1) is 7.22. The van der Waals surface area contributed by atoms with Crippen molar-refractivity contribution < 1.29 is 9.47 Å². The van der Waals surface area contributed by atoms with Crippen molar-refractivity contribution in [1.82, 2.24) is 0 Å². The summed E-state index contributed by atoms with van der Waals surface area (Å²) in [6, 6.07) is 7.51. The zero-order valence-electron chi connectivity index (χ0n) is 8.73. The maximum absolute atomic E-state index is 5.50. The molecule has 82 valence electrons. The molecule has 3 nitrogen and oxygen atoms in total. The predicted molar refractivity (Wildman–Crippen MR) is 64.5 cm³/mol. The second-order valence-corrected chi connectivity index (χ2v) is 3.62. The molecule has 0 aliphatic rings. The fourth-order valence-electron chi connectivity index (χ4n) is 1.13. The molecule has 1 rings (SSSR count). The Hall–Kier alpha value is -1.29. The Labute approximate surface area is 95.2 Å². The van der Waals surface area contributed by atoms with Crippen molar-refractivity contribution in [3.63, 3.8) is 0 Å². The number of thiocarbonyl (C=S) groups is 1. The van der Waals surface area contributed by atoms with Crippen LogP contribution in [0.2, 0.25) is 0 Å². The molecule has 4 heteroatoms. The van der Waals surface area contributed by atoms with E-state index in [0.29, 0.717) is 11.6 Å². The van der Waals surface area contributed by atoms with Crippen LogP contribution >= 0.6 is 12.2 Å². The summed E-state index contributed by atoms with van der Waals surface area (Å²) in [5.74, 6) is 1.60. The maximum Gasteiger partial charge on any atom is 0.122 e. The number of nitrogens with two attached hydrogens (primary N) is 1. The monoisotopic (exact) mass is 225 g/mol. The fraction of sp³-hybridized carbons (Fsp3) is 0.364. The van der Waals surface area contributed by atoms with Crippen LogP contribution in [-0.2, 0) is 0 Å². The second kappa shape index (κ2) is 6.24. The molecule has 2 N–H and O–H groups in total. The Bertz CT molecular complexity index is 328. The molecule has 0 radical (unpaired) electrons. The molecule has 0 bridgehead atoms. The Balaban J connectivity index is 2.33. The van der Waals surface area contributed by atoms with Crippen molar-refractivity contribution >= 4 is 17.2 Å². The van der Waals surface area contributed by atoms with Crippen molar-refractivity contribution in [2.24, 2.45) is 5.73 Å². The molecule has 0 aliphatic carbocycles. The number of hydrogen-bond donors (Lipinski definition) is 1. The molecule has 0 amide bonds. The van der Waals surface area contributed by atoms with Gasteiger partial charge in [-0.3, -0.25) is 0 Å². The molecule has 0 atom stereocenters. The average molecular weight is 225 g/mol. The first kappa shape index (κ1) is 11.8. The van der Waals surface area contributed by atoms with Gasteiger partial charge in [0.2, 0.25) is 0 Å². The maximum atomic E-state index is 5.50. The molecule has 0 aliphatic heterocycles. The first-order valence-corrected chi connectivity index (χ1v) is 5.18. The van der Waals surface area contributed by atoms with Crippen LogP contribution in [0.25, 0.3) is 0 Å². The molecule has 0 aromatic heterocycles. The number of methoxy groups -OCH3 is 1. The molecule has 0 fully saturated rings. The minimum absolute atomic E-state index is 0.532. The molecular formula is C11H15NO2S. The molecule has 0 spiro atoms. The van der Waals surface area contributed by atoms with Crippen molar-refractivity contribution in [3.8, 4) is 11.5 Å². The molecule has 0 saturated carbocycles. The highest BCUT2D eigenvalue weighted by atomic mass is 32.1. The molecule has 0 saturated heterocycles. The highest BCUT2D eigenvalue weighted by Crippen LogP contribution is 2.18. The van der Waals surface area contributed by atoms with Crippen LogP contribution < -0.4 is 15.2 Å². The van der Waals surface area contributed by atoms with Crippen molar-refractivity contribution in [1.29, 1.82) is 0 Å². The molecule has 0 unspecified atom stereocenters. The summed E-state index contributed by atoms with van der Waals surface area (Å²) >= 11 is 4.77. The lowest BCUT2D eigenvalue weighted by Gasteiger charge is -2.07. The lowest BCUT2D eigenvalue weighted by Crippen LogP contribution is -2.09. The Morgan fingerprint density at radius 3 is 2.80 bits per heavy atom. The van der Waals surface area contributed by atoms with E-state index in [-0.39, 0.29) is 0 Å². The zero-order chi connectivity index (χ0) is 11.1. The summed E-state index contributed by atoms with van der Waals surface area (Å²) in [4.78, 5) is 0.532. The van der Waals surface area contributed by atoms with E-state index in [9.17, 15) is 0 Å². The smallest absolute Gasteiger partial charge is 0.122 e. The van der Waals surface area contributed by atoms with Gasteiger partial charge >= 0.3 is 0 Å². The number of benzene rings is 1. The van der Waals surface area contributed by atoms with Crippen molar-refractivity contribution in [2.45, 2.75) is 12.8 Å². The van der Waals surface area contributed by atoms with Gasteiger partial charge in [-0.1, -0.05) is 18.3 Å². The quantitative estimate of drug-likeness (QED) is 0.595. The number of rotatable bonds is 6. The van der Waals surface area contributed by atoms with Gasteiger partial charge in [-0.05, 0) is 18.6 Å². The van der Waals surface area contributed by atoms with E-state index in [4.69, 9.17) is 27.4 Å². The van der Waals surface area contributed by atoms with E-state index in [0.717, 1.165) is 24.3 Å². The summed E-state index contributed by atoms with van der Waals surface area (Å²) in [5.41, 5.74) is 5.37. The van der Waals surface area contributed by atoms with Gasteiger partial charge in [0.25, 0.3) is 0 Å². The number of hydrogen-bond acceptors (Lipinski definition) is 3. The predicted octanol–water partition coefficient (Wildman–Crippen LogP) is 2.14. The van der Waals surface area contributed by atoms with Crippen LogP contribution in [0.3, 0.4) is 0 Å². The van der Waals surface area contributed by atoms with Gasteiger partial charge in [-0.15, -0.1) is 0 Å². The summed E-state index contributed by atoms with van der Waals surface area (Å²) < 4.78 is 10.6.